The number of benzene rings is 2. The van der Waals surface area contributed by atoms with Crippen molar-refractivity contribution in [3.05, 3.63) is 54.9 Å². The molecule has 3 aromatic rings. The first-order chi connectivity index (χ1) is 10.3. The fraction of sp³-hybridized carbons (Fsp3) is 0.118. The third kappa shape index (κ3) is 2.36. The standard InChI is InChI=1S/C17H16N2O2/c1-20-13-9-6-10-14(21-2)15(13)17-16(18-11-19-17)12-7-4-3-5-8-12/h3-11H,1-2H3,(H,18,19). The molecule has 1 N–H and O–H groups in total. The zero-order valence-corrected chi connectivity index (χ0v) is 12.0. The molecule has 0 aliphatic rings. The monoisotopic (exact) mass is 280 g/mol. The van der Waals surface area contributed by atoms with Crippen LogP contribution >= 0.6 is 0 Å². The molecule has 4 nitrogen and oxygen atoms in total. The molecule has 1 aromatic heterocycles. The minimum Gasteiger partial charge on any atom is -0.496 e. The van der Waals surface area contributed by atoms with E-state index in [4.69, 9.17) is 9.47 Å². The van der Waals surface area contributed by atoms with E-state index in [1.165, 1.54) is 0 Å². The van der Waals surface area contributed by atoms with Gasteiger partial charge in [0.25, 0.3) is 0 Å². The van der Waals surface area contributed by atoms with Crippen LogP contribution < -0.4 is 9.47 Å². The second-order valence-electron chi connectivity index (χ2n) is 4.53. The van der Waals surface area contributed by atoms with Crippen molar-refractivity contribution < 1.29 is 9.47 Å². The number of rotatable bonds is 4. The first-order valence-electron chi connectivity index (χ1n) is 6.65. The van der Waals surface area contributed by atoms with Gasteiger partial charge < -0.3 is 14.5 Å². The third-order valence-electron chi connectivity index (χ3n) is 3.36. The Balaban J connectivity index is 2.21. The van der Waals surface area contributed by atoms with Crippen molar-refractivity contribution in [3.8, 4) is 34.0 Å². The lowest BCUT2D eigenvalue weighted by Crippen LogP contribution is -1.94. The summed E-state index contributed by atoms with van der Waals surface area (Å²) >= 11 is 0. The summed E-state index contributed by atoms with van der Waals surface area (Å²) in [6.45, 7) is 0. The molecule has 4 heteroatoms. The molecule has 1 heterocycles. The van der Waals surface area contributed by atoms with Crippen LogP contribution in [-0.2, 0) is 0 Å². The molecule has 106 valence electrons. The number of hydrogen-bond donors (Lipinski definition) is 1. The number of H-pyrrole nitrogens is 1. The van der Waals surface area contributed by atoms with E-state index in [1.807, 2.05) is 48.5 Å². The van der Waals surface area contributed by atoms with E-state index in [2.05, 4.69) is 9.97 Å². The predicted molar refractivity (Wildman–Crippen MR) is 82.6 cm³/mol. The number of imidazole rings is 1. The summed E-state index contributed by atoms with van der Waals surface area (Å²) in [7, 11) is 3.30. The number of aromatic amines is 1. The van der Waals surface area contributed by atoms with Crippen LogP contribution in [0.1, 0.15) is 0 Å². The number of hydrogen-bond acceptors (Lipinski definition) is 3. The first kappa shape index (κ1) is 13.2. The van der Waals surface area contributed by atoms with E-state index in [1.54, 1.807) is 20.5 Å². The maximum absolute atomic E-state index is 5.47. The van der Waals surface area contributed by atoms with Crippen molar-refractivity contribution in [2.45, 2.75) is 0 Å². The highest BCUT2D eigenvalue weighted by Gasteiger charge is 2.18. The second kappa shape index (κ2) is 5.71. The lowest BCUT2D eigenvalue weighted by molar-refractivity contribution is 0.397. The molecular formula is C17H16N2O2. The lowest BCUT2D eigenvalue weighted by Gasteiger charge is -2.13. The van der Waals surface area contributed by atoms with Gasteiger partial charge >= 0.3 is 0 Å². The van der Waals surface area contributed by atoms with Crippen LogP contribution in [0.15, 0.2) is 54.9 Å². The van der Waals surface area contributed by atoms with Gasteiger partial charge in [-0.3, -0.25) is 0 Å². The molecule has 0 aliphatic carbocycles. The molecule has 0 spiro atoms. The minimum atomic E-state index is 0.746. The van der Waals surface area contributed by atoms with Gasteiger partial charge in [0.1, 0.15) is 11.5 Å². The fourth-order valence-electron chi connectivity index (χ4n) is 2.40. The highest BCUT2D eigenvalue weighted by atomic mass is 16.5. The van der Waals surface area contributed by atoms with E-state index >= 15 is 0 Å². The van der Waals surface area contributed by atoms with Gasteiger partial charge in [-0.15, -0.1) is 0 Å². The Morgan fingerprint density at radius 1 is 0.857 bits per heavy atom. The van der Waals surface area contributed by atoms with E-state index < -0.39 is 0 Å². The Labute approximate surface area is 123 Å². The van der Waals surface area contributed by atoms with E-state index in [-0.39, 0.29) is 0 Å². The van der Waals surface area contributed by atoms with E-state index in [0.29, 0.717) is 0 Å². The van der Waals surface area contributed by atoms with Crippen molar-refractivity contribution in [1.82, 2.24) is 9.97 Å². The Hall–Kier alpha value is -2.75. The maximum Gasteiger partial charge on any atom is 0.132 e. The number of methoxy groups -OCH3 is 2. The average Bonchev–Trinajstić information content (AvgIpc) is 3.04. The van der Waals surface area contributed by atoms with Gasteiger partial charge in [0.05, 0.1) is 37.5 Å². The molecule has 0 amide bonds. The smallest absolute Gasteiger partial charge is 0.132 e. The Morgan fingerprint density at radius 2 is 1.52 bits per heavy atom. The third-order valence-corrected chi connectivity index (χ3v) is 3.36. The van der Waals surface area contributed by atoms with Gasteiger partial charge in [0.15, 0.2) is 0 Å². The molecule has 3 rings (SSSR count). The van der Waals surface area contributed by atoms with Crippen LogP contribution in [0.25, 0.3) is 22.5 Å². The van der Waals surface area contributed by atoms with Gasteiger partial charge in [-0.25, -0.2) is 4.98 Å². The SMILES string of the molecule is COc1cccc(OC)c1-c1[nH]cnc1-c1ccccc1. The average molecular weight is 280 g/mol. The highest BCUT2D eigenvalue weighted by molar-refractivity contribution is 5.84. The van der Waals surface area contributed by atoms with Gasteiger partial charge in [-0.1, -0.05) is 36.4 Å². The molecule has 0 unspecified atom stereocenters. The number of aromatic nitrogens is 2. The van der Waals surface area contributed by atoms with Crippen LogP contribution in [0.5, 0.6) is 11.5 Å². The number of ether oxygens (including phenoxy) is 2. The Morgan fingerprint density at radius 3 is 2.14 bits per heavy atom. The summed E-state index contributed by atoms with van der Waals surface area (Å²) in [4.78, 5) is 7.65. The van der Waals surface area contributed by atoms with E-state index in [0.717, 1.165) is 34.0 Å². The zero-order valence-electron chi connectivity index (χ0n) is 12.0. The molecule has 0 fully saturated rings. The molecule has 0 radical (unpaired) electrons. The quantitative estimate of drug-likeness (QED) is 0.791. The second-order valence-corrected chi connectivity index (χ2v) is 4.53. The summed E-state index contributed by atoms with van der Waals surface area (Å²) in [5.74, 6) is 1.49. The molecule has 2 aromatic carbocycles. The number of nitrogens with one attached hydrogen (secondary N) is 1. The summed E-state index contributed by atoms with van der Waals surface area (Å²) in [5.41, 5.74) is 3.68. The summed E-state index contributed by atoms with van der Waals surface area (Å²) in [5, 5.41) is 0. The lowest BCUT2D eigenvalue weighted by atomic mass is 10.0. The van der Waals surface area contributed by atoms with Gasteiger partial charge in [-0.05, 0) is 12.1 Å². The van der Waals surface area contributed by atoms with Gasteiger partial charge in [0.2, 0.25) is 0 Å². The summed E-state index contributed by atoms with van der Waals surface area (Å²) in [6.07, 6.45) is 1.68. The Kier molecular flexibility index (Phi) is 3.60. The van der Waals surface area contributed by atoms with Gasteiger partial charge in [0, 0.05) is 5.56 Å². The molecule has 0 saturated carbocycles. The van der Waals surface area contributed by atoms with Crippen molar-refractivity contribution in [2.24, 2.45) is 0 Å². The molecule has 0 atom stereocenters. The van der Waals surface area contributed by atoms with Crippen molar-refractivity contribution in [3.63, 3.8) is 0 Å². The molecular weight excluding hydrogens is 264 g/mol. The highest BCUT2D eigenvalue weighted by Crippen LogP contribution is 2.41. The van der Waals surface area contributed by atoms with Crippen molar-refractivity contribution in [2.75, 3.05) is 14.2 Å². The molecule has 21 heavy (non-hydrogen) atoms. The normalized spacial score (nSPS) is 10.4. The van der Waals surface area contributed by atoms with Crippen LogP contribution in [0, 0.1) is 0 Å². The van der Waals surface area contributed by atoms with E-state index in [9.17, 15) is 0 Å². The maximum atomic E-state index is 5.47. The molecule has 0 bridgehead atoms. The predicted octanol–water partition coefficient (Wildman–Crippen LogP) is 3.76. The largest absolute Gasteiger partial charge is 0.496 e. The molecule has 0 aliphatic heterocycles. The summed E-state index contributed by atoms with van der Waals surface area (Å²) in [6, 6.07) is 15.8. The first-order valence-corrected chi connectivity index (χ1v) is 6.65. The summed E-state index contributed by atoms with van der Waals surface area (Å²) < 4.78 is 10.9. The van der Waals surface area contributed by atoms with Crippen molar-refractivity contribution >= 4 is 0 Å². The van der Waals surface area contributed by atoms with Crippen LogP contribution in [0.2, 0.25) is 0 Å². The molecule has 0 saturated heterocycles. The number of nitrogens with zero attached hydrogens (tertiary/aromatic N) is 1. The van der Waals surface area contributed by atoms with Crippen LogP contribution in [0.3, 0.4) is 0 Å². The minimum absolute atomic E-state index is 0.746. The fourth-order valence-corrected chi connectivity index (χ4v) is 2.40. The van der Waals surface area contributed by atoms with Crippen LogP contribution in [0.4, 0.5) is 0 Å². The Bertz CT molecular complexity index is 713. The zero-order chi connectivity index (χ0) is 14.7. The van der Waals surface area contributed by atoms with Crippen molar-refractivity contribution in [1.29, 1.82) is 0 Å². The van der Waals surface area contributed by atoms with Crippen LogP contribution in [-0.4, -0.2) is 24.2 Å². The topological polar surface area (TPSA) is 47.1 Å². The van der Waals surface area contributed by atoms with Gasteiger partial charge in [-0.2, -0.15) is 0 Å².